The smallest absolute Gasteiger partial charge is 0.349 e. The highest BCUT2D eigenvalue weighted by atomic mass is 35.5. The van der Waals surface area contributed by atoms with E-state index in [0.29, 0.717) is 23.2 Å². The standard InChI is InChI=1S/C16H17F4N3OS.ClH/c17-11-1-2-12-10(7-11)8-13(25-12)15(24)22-9-14(16(18,19)20)23-5-3-21-4-6-23;/h1-2,7-8,14,21H,3-6,9H2,(H,22,24);1H. The third-order valence-corrected chi connectivity index (χ3v) is 5.24. The van der Waals surface area contributed by atoms with Gasteiger partial charge in [0.05, 0.1) is 4.88 Å². The second-order valence-electron chi connectivity index (χ2n) is 5.85. The van der Waals surface area contributed by atoms with E-state index in [2.05, 4.69) is 10.6 Å². The zero-order chi connectivity index (χ0) is 18.0. The van der Waals surface area contributed by atoms with Crippen LogP contribution in [0.2, 0.25) is 0 Å². The summed E-state index contributed by atoms with van der Waals surface area (Å²) in [7, 11) is 0. The summed E-state index contributed by atoms with van der Waals surface area (Å²) in [5.41, 5.74) is 0. The number of carbonyl (C=O) groups is 1. The molecule has 3 rings (SSSR count). The molecule has 2 heterocycles. The normalized spacial score (nSPS) is 16.9. The fraction of sp³-hybridized carbons (Fsp3) is 0.438. The summed E-state index contributed by atoms with van der Waals surface area (Å²) in [6.07, 6.45) is -4.42. The highest BCUT2D eigenvalue weighted by molar-refractivity contribution is 7.20. The van der Waals surface area contributed by atoms with E-state index >= 15 is 0 Å². The van der Waals surface area contributed by atoms with Crippen LogP contribution in [0.1, 0.15) is 9.67 Å². The summed E-state index contributed by atoms with van der Waals surface area (Å²) in [6.45, 7) is 1.03. The molecule has 1 amide bonds. The van der Waals surface area contributed by atoms with E-state index in [4.69, 9.17) is 0 Å². The minimum atomic E-state index is -4.42. The Morgan fingerprint density at radius 2 is 1.96 bits per heavy atom. The molecule has 0 radical (unpaired) electrons. The van der Waals surface area contributed by atoms with Gasteiger partial charge in [-0.3, -0.25) is 9.69 Å². The van der Waals surface area contributed by atoms with Crippen LogP contribution >= 0.6 is 23.7 Å². The van der Waals surface area contributed by atoms with Crippen LogP contribution < -0.4 is 10.6 Å². The van der Waals surface area contributed by atoms with Gasteiger partial charge in [-0.15, -0.1) is 23.7 Å². The van der Waals surface area contributed by atoms with Crippen molar-refractivity contribution in [3.8, 4) is 0 Å². The van der Waals surface area contributed by atoms with Crippen molar-refractivity contribution in [3.05, 3.63) is 35.0 Å². The maximum atomic E-state index is 13.3. The largest absolute Gasteiger partial charge is 0.405 e. The number of thiophene rings is 1. The topological polar surface area (TPSA) is 44.4 Å². The second-order valence-corrected chi connectivity index (χ2v) is 6.93. The first-order valence-corrected chi connectivity index (χ1v) is 8.65. The van der Waals surface area contributed by atoms with Crippen LogP contribution in [0.15, 0.2) is 24.3 Å². The molecule has 1 fully saturated rings. The molecule has 1 atom stereocenters. The molecule has 1 aromatic heterocycles. The number of benzene rings is 1. The van der Waals surface area contributed by atoms with E-state index in [1.807, 2.05) is 0 Å². The van der Waals surface area contributed by atoms with E-state index < -0.39 is 30.5 Å². The molecule has 0 aliphatic carbocycles. The van der Waals surface area contributed by atoms with Crippen LogP contribution in [-0.4, -0.2) is 55.7 Å². The van der Waals surface area contributed by atoms with Crippen molar-refractivity contribution in [3.63, 3.8) is 0 Å². The van der Waals surface area contributed by atoms with Crippen LogP contribution in [0.5, 0.6) is 0 Å². The van der Waals surface area contributed by atoms with Gasteiger partial charge in [-0.05, 0) is 29.7 Å². The molecule has 1 saturated heterocycles. The molecule has 144 valence electrons. The highest BCUT2D eigenvalue weighted by Gasteiger charge is 2.43. The number of fused-ring (bicyclic) bond motifs is 1. The summed E-state index contributed by atoms with van der Waals surface area (Å²) in [5, 5.41) is 5.94. The quantitative estimate of drug-likeness (QED) is 0.760. The summed E-state index contributed by atoms with van der Waals surface area (Å²) in [4.78, 5) is 13.8. The molecule has 2 N–H and O–H groups in total. The molecule has 26 heavy (non-hydrogen) atoms. The van der Waals surface area contributed by atoms with E-state index in [0.717, 1.165) is 11.3 Å². The average molecular weight is 412 g/mol. The molecule has 1 unspecified atom stereocenters. The fourth-order valence-corrected chi connectivity index (χ4v) is 3.81. The highest BCUT2D eigenvalue weighted by Crippen LogP contribution is 2.27. The summed E-state index contributed by atoms with van der Waals surface area (Å²) >= 11 is 1.13. The lowest BCUT2D eigenvalue weighted by atomic mass is 10.2. The van der Waals surface area contributed by atoms with Gasteiger partial charge < -0.3 is 10.6 Å². The Balaban J connectivity index is 0.00000243. The number of carbonyl (C=O) groups excluding carboxylic acids is 1. The molecule has 1 aliphatic rings. The number of halogens is 5. The SMILES string of the molecule is Cl.O=C(NCC(N1CCNCC1)C(F)(F)F)c1cc2cc(F)ccc2s1. The van der Waals surface area contributed by atoms with Crippen molar-refractivity contribution in [1.82, 2.24) is 15.5 Å². The van der Waals surface area contributed by atoms with Gasteiger partial charge in [0, 0.05) is 37.4 Å². The third-order valence-electron chi connectivity index (χ3n) is 4.13. The van der Waals surface area contributed by atoms with E-state index in [1.165, 1.54) is 23.1 Å². The zero-order valence-corrected chi connectivity index (χ0v) is 15.2. The third kappa shape index (κ3) is 4.85. The number of piperazine rings is 1. The first-order valence-electron chi connectivity index (χ1n) is 7.83. The lowest BCUT2D eigenvalue weighted by Gasteiger charge is -2.35. The van der Waals surface area contributed by atoms with E-state index in [-0.39, 0.29) is 30.4 Å². The van der Waals surface area contributed by atoms with Crippen molar-refractivity contribution in [1.29, 1.82) is 0 Å². The minimum Gasteiger partial charge on any atom is -0.349 e. The maximum Gasteiger partial charge on any atom is 0.405 e. The summed E-state index contributed by atoms with van der Waals surface area (Å²) in [5.74, 6) is -1.00. The Morgan fingerprint density at radius 1 is 1.27 bits per heavy atom. The summed E-state index contributed by atoms with van der Waals surface area (Å²) < 4.78 is 53.9. The van der Waals surface area contributed by atoms with Crippen molar-refractivity contribution >= 4 is 39.7 Å². The molecule has 1 aliphatic heterocycles. The predicted octanol–water partition coefficient (Wildman–Crippen LogP) is 3.03. The Hall–Kier alpha value is -1.42. The monoisotopic (exact) mass is 411 g/mol. The van der Waals surface area contributed by atoms with Crippen molar-refractivity contribution in [2.75, 3.05) is 32.7 Å². The van der Waals surface area contributed by atoms with E-state index in [1.54, 1.807) is 6.07 Å². The van der Waals surface area contributed by atoms with Crippen LogP contribution in [0.3, 0.4) is 0 Å². The Morgan fingerprint density at radius 3 is 2.62 bits per heavy atom. The molecular weight excluding hydrogens is 394 g/mol. The fourth-order valence-electron chi connectivity index (χ4n) is 2.85. The molecule has 2 aromatic rings. The van der Waals surface area contributed by atoms with Crippen LogP contribution in [0.25, 0.3) is 10.1 Å². The predicted molar refractivity (Wildman–Crippen MR) is 95.6 cm³/mol. The van der Waals surface area contributed by atoms with Gasteiger partial charge in [-0.1, -0.05) is 0 Å². The van der Waals surface area contributed by atoms with Gasteiger partial charge in [0.1, 0.15) is 11.9 Å². The van der Waals surface area contributed by atoms with Gasteiger partial charge in [0.2, 0.25) is 0 Å². The second kappa shape index (κ2) is 8.51. The van der Waals surface area contributed by atoms with Crippen molar-refractivity contribution in [2.24, 2.45) is 0 Å². The Labute approximate surface area is 158 Å². The van der Waals surface area contributed by atoms with Gasteiger partial charge in [0.25, 0.3) is 5.91 Å². The number of hydrogen-bond donors (Lipinski definition) is 2. The van der Waals surface area contributed by atoms with Crippen LogP contribution in [0, 0.1) is 5.82 Å². The number of nitrogens with one attached hydrogen (secondary N) is 2. The molecule has 10 heteroatoms. The molecule has 1 aromatic carbocycles. The average Bonchev–Trinajstić information content (AvgIpc) is 2.98. The molecule has 0 bridgehead atoms. The Kier molecular flexibility index (Phi) is 6.84. The lowest BCUT2D eigenvalue weighted by Crippen LogP contribution is -2.57. The van der Waals surface area contributed by atoms with Crippen molar-refractivity contribution < 1.29 is 22.4 Å². The number of hydrogen-bond acceptors (Lipinski definition) is 4. The maximum absolute atomic E-state index is 13.3. The van der Waals surface area contributed by atoms with Crippen molar-refractivity contribution in [2.45, 2.75) is 12.2 Å². The first kappa shape index (κ1) is 20.9. The molecule has 4 nitrogen and oxygen atoms in total. The Bertz CT molecular complexity index is 762. The van der Waals surface area contributed by atoms with Gasteiger partial charge in [0.15, 0.2) is 0 Å². The lowest BCUT2D eigenvalue weighted by molar-refractivity contribution is -0.183. The van der Waals surface area contributed by atoms with Crippen LogP contribution in [-0.2, 0) is 0 Å². The minimum absolute atomic E-state index is 0. The van der Waals surface area contributed by atoms with E-state index in [9.17, 15) is 22.4 Å². The van der Waals surface area contributed by atoms with Gasteiger partial charge >= 0.3 is 6.18 Å². The first-order chi connectivity index (χ1) is 11.8. The molecule has 0 saturated carbocycles. The number of alkyl halides is 3. The van der Waals surface area contributed by atoms with Gasteiger partial charge in [-0.25, -0.2) is 4.39 Å². The summed E-state index contributed by atoms with van der Waals surface area (Å²) in [6, 6.07) is 3.90. The number of rotatable bonds is 4. The number of amides is 1. The molecule has 0 spiro atoms. The number of nitrogens with zero attached hydrogens (tertiary/aromatic N) is 1. The van der Waals surface area contributed by atoms with Gasteiger partial charge in [-0.2, -0.15) is 13.2 Å². The molecular formula is C16H18ClF4N3OS. The zero-order valence-electron chi connectivity index (χ0n) is 13.6. The van der Waals surface area contributed by atoms with Crippen LogP contribution in [0.4, 0.5) is 17.6 Å².